The van der Waals surface area contributed by atoms with E-state index in [2.05, 4.69) is 29.0 Å². The molecule has 0 saturated heterocycles. The molecule has 0 heterocycles. The van der Waals surface area contributed by atoms with Crippen molar-refractivity contribution in [1.82, 2.24) is 5.32 Å². The van der Waals surface area contributed by atoms with Crippen LogP contribution in [0.15, 0.2) is 72.2 Å². The summed E-state index contributed by atoms with van der Waals surface area (Å²) in [7, 11) is 0. The van der Waals surface area contributed by atoms with Gasteiger partial charge in [-0.05, 0) is 18.1 Å². The van der Waals surface area contributed by atoms with Crippen LogP contribution in [0, 0.1) is 0 Å². The number of benzene rings is 2. The van der Waals surface area contributed by atoms with E-state index in [9.17, 15) is 0 Å². The Bertz CT molecular complexity index is 638. The minimum Gasteiger partial charge on any atom is -0.489 e. The van der Waals surface area contributed by atoms with Gasteiger partial charge in [-0.2, -0.15) is 0 Å². The number of guanidine groups is 1. The highest BCUT2D eigenvalue weighted by Crippen LogP contribution is 2.18. The summed E-state index contributed by atoms with van der Waals surface area (Å²) in [4.78, 5) is 4.37. The molecule has 0 spiro atoms. The zero-order valence-corrected chi connectivity index (χ0v) is 13.2. The maximum Gasteiger partial charge on any atom is 0.188 e. The number of aliphatic imine (C=N–C) groups is 1. The number of hydrogen-bond donors (Lipinski definition) is 2. The first-order valence-electron chi connectivity index (χ1n) is 7.69. The Kier molecular flexibility index (Phi) is 6.72. The molecule has 0 fully saturated rings. The minimum absolute atomic E-state index is 0.444. The molecule has 0 amide bonds. The average molecular weight is 309 g/mol. The van der Waals surface area contributed by atoms with Crippen LogP contribution in [0.2, 0.25) is 0 Å². The Morgan fingerprint density at radius 3 is 2.65 bits per heavy atom. The molecule has 0 radical (unpaired) electrons. The van der Waals surface area contributed by atoms with Gasteiger partial charge in [0.2, 0.25) is 0 Å². The predicted molar refractivity (Wildman–Crippen MR) is 95.6 cm³/mol. The molecule has 4 heteroatoms. The topological polar surface area (TPSA) is 59.6 Å². The van der Waals surface area contributed by atoms with Crippen LogP contribution < -0.4 is 15.8 Å². The predicted octanol–water partition coefficient (Wildman–Crippen LogP) is 2.90. The molecule has 23 heavy (non-hydrogen) atoms. The van der Waals surface area contributed by atoms with Crippen LogP contribution in [-0.4, -0.2) is 19.1 Å². The van der Waals surface area contributed by atoms with E-state index in [1.54, 1.807) is 6.08 Å². The van der Waals surface area contributed by atoms with Crippen LogP contribution in [0.4, 0.5) is 0 Å². The highest BCUT2D eigenvalue weighted by molar-refractivity contribution is 5.77. The van der Waals surface area contributed by atoms with E-state index in [1.807, 2.05) is 42.5 Å². The van der Waals surface area contributed by atoms with Crippen molar-refractivity contribution in [2.45, 2.75) is 13.0 Å². The summed E-state index contributed by atoms with van der Waals surface area (Å²) in [6.45, 7) is 5.38. The van der Waals surface area contributed by atoms with E-state index >= 15 is 0 Å². The molecule has 0 saturated carbocycles. The van der Waals surface area contributed by atoms with Crippen molar-refractivity contribution in [2.24, 2.45) is 10.7 Å². The lowest BCUT2D eigenvalue weighted by molar-refractivity contribution is 0.359. The number of ether oxygens (including phenoxy) is 1. The number of hydrogen-bond acceptors (Lipinski definition) is 2. The number of nitrogens with two attached hydrogens (primary N) is 1. The second-order valence-electron chi connectivity index (χ2n) is 5.07. The molecule has 0 aliphatic rings. The summed E-state index contributed by atoms with van der Waals surface area (Å²) in [5.41, 5.74) is 8.19. The van der Waals surface area contributed by atoms with E-state index in [-0.39, 0.29) is 0 Å². The van der Waals surface area contributed by atoms with Crippen LogP contribution in [0.25, 0.3) is 0 Å². The summed E-state index contributed by atoms with van der Waals surface area (Å²) < 4.78 is 5.61. The number of nitrogens with zero attached hydrogens (tertiary/aromatic N) is 1. The maximum atomic E-state index is 5.92. The highest BCUT2D eigenvalue weighted by Gasteiger charge is 2.02. The van der Waals surface area contributed by atoms with Gasteiger partial charge in [-0.25, -0.2) is 4.99 Å². The number of rotatable bonds is 8. The zero-order chi connectivity index (χ0) is 16.3. The van der Waals surface area contributed by atoms with Gasteiger partial charge in [0.1, 0.15) is 12.4 Å². The van der Waals surface area contributed by atoms with Crippen molar-refractivity contribution in [3.63, 3.8) is 0 Å². The zero-order valence-electron chi connectivity index (χ0n) is 13.2. The lowest BCUT2D eigenvalue weighted by atomic mass is 10.1. The Morgan fingerprint density at radius 1 is 1.13 bits per heavy atom. The Labute approximate surface area is 137 Å². The molecule has 0 unspecified atom stereocenters. The quantitative estimate of drug-likeness (QED) is 0.448. The third kappa shape index (κ3) is 5.87. The van der Waals surface area contributed by atoms with Gasteiger partial charge < -0.3 is 15.8 Å². The molecule has 0 bridgehead atoms. The van der Waals surface area contributed by atoms with Gasteiger partial charge in [-0.1, -0.05) is 61.2 Å². The third-order valence-corrected chi connectivity index (χ3v) is 3.31. The number of para-hydroxylation sites is 1. The molecule has 2 aromatic rings. The van der Waals surface area contributed by atoms with Crippen LogP contribution in [0.1, 0.15) is 11.1 Å². The molecule has 2 aromatic carbocycles. The van der Waals surface area contributed by atoms with Crippen molar-refractivity contribution in [3.8, 4) is 5.75 Å². The first-order valence-corrected chi connectivity index (χ1v) is 7.69. The van der Waals surface area contributed by atoms with Crippen molar-refractivity contribution in [2.75, 3.05) is 13.2 Å². The van der Waals surface area contributed by atoms with Crippen molar-refractivity contribution >= 4 is 5.96 Å². The Balaban J connectivity index is 1.83. The summed E-state index contributed by atoms with van der Waals surface area (Å²) in [5, 5.41) is 3.13. The van der Waals surface area contributed by atoms with Crippen molar-refractivity contribution in [1.29, 1.82) is 0 Å². The molecule has 0 atom stereocenters. The Morgan fingerprint density at radius 2 is 1.87 bits per heavy atom. The van der Waals surface area contributed by atoms with Gasteiger partial charge in [0.05, 0.1) is 6.54 Å². The monoisotopic (exact) mass is 309 g/mol. The van der Waals surface area contributed by atoms with Gasteiger partial charge in [0, 0.05) is 12.1 Å². The van der Waals surface area contributed by atoms with Crippen LogP contribution in [0.5, 0.6) is 5.75 Å². The van der Waals surface area contributed by atoms with Crippen LogP contribution >= 0.6 is 0 Å². The normalized spacial score (nSPS) is 11.0. The van der Waals surface area contributed by atoms with Gasteiger partial charge in [-0.3, -0.25) is 0 Å². The standard InChI is InChI=1S/C19H23N3O/c1-2-14-23-18-11-7-6-10-17(18)15-22-19(20)21-13-12-16-8-4-3-5-9-16/h2-11H,1,12-15H2,(H3,20,21,22). The fraction of sp³-hybridized carbons (Fsp3) is 0.211. The van der Waals surface area contributed by atoms with Crippen LogP contribution in [-0.2, 0) is 13.0 Å². The second-order valence-corrected chi connectivity index (χ2v) is 5.07. The SMILES string of the molecule is C=CCOc1ccccc1CN=C(N)NCCc1ccccc1. The van der Waals surface area contributed by atoms with Gasteiger partial charge >= 0.3 is 0 Å². The molecule has 4 nitrogen and oxygen atoms in total. The highest BCUT2D eigenvalue weighted by atomic mass is 16.5. The maximum absolute atomic E-state index is 5.92. The molecule has 120 valence electrons. The van der Waals surface area contributed by atoms with Gasteiger partial charge in [0.25, 0.3) is 0 Å². The fourth-order valence-corrected chi connectivity index (χ4v) is 2.13. The first kappa shape index (κ1) is 16.6. The van der Waals surface area contributed by atoms with Crippen molar-refractivity contribution < 1.29 is 4.74 Å². The fourth-order valence-electron chi connectivity index (χ4n) is 2.13. The molecule has 3 N–H and O–H groups in total. The molecule has 2 rings (SSSR count). The van der Waals surface area contributed by atoms with E-state index in [4.69, 9.17) is 10.5 Å². The molecular weight excluding hydrogens is 286 g/mol. The summed E-state index contributed by atoms with van der Waals surface area (Å²) in [5.74, 6) is 1.26. The number of nitrogens with one attached hydrogen (secondary N) is 1. The van der Waals surface area contributed by atoms with Gasteiger partial charge in [0.15, 0.2) is 5.96 Å². The third-order valence-electron chi connectivity index (χ3n) is 3.31. The van der Waals surface area contributed by atoms with E-state index in [0.717, 1.165) is 24.3 Å². The van der Waals surface area contributed by atoms with Gasteiger partial charge in [-0.15, -0.1) is 0 Å². The summed E-state index contributed by atoms with van der Waals surface area (Å²) in [6, 6.07) is 18.1. The molecule has 0 aliphatic heterocycles. The van der Waals surface area contributed by atoms with Crippen LogP contribution in [0.3, 0.4) is 0 Å². The first-order chi connectivity index (χ1) is 11.3. The van der Waals surface area contributed by atoms with Crippen molar-refractivity contribution in [3.05, 3.63) is 78.4 Å². The average Bonchev–Trinajstić information content (AvgIpc) is 2.60. The largest absolute Gasteiger partial charge is 0.489 e. The molecule has 0 aliphatic carbocycles. The smallest absolute Gasteiger partial charge is 0.188 e. The summed E-state index contributed by atoms with van der Waals surface area (Å²) in [6.07, 6.45) is 2.63. The van der Waals surface area contributed by atoms with E-state index in [0.29, 0.717) is 19.1 Å². The second kappa shape index (κ2) is 9.30. The molecular formula is C19H23N3O. The lowest BCUT2D eigenvalue weighted by Crippen LogP contribution is -2.33. The minimum atomic E-state index is 0.444. The Hall–Kier alpha value is -2.75. The lowest BCUT2D eigenvalue weighted by Gasteiger charge is -2.09. The van der Waals surface area contributed by atoms with E-state index < -0.39 is 0 Å². The summed E-state index contributed by atoms with van der Waals surface area (Å²) >= 11 is 0. The molecule has 0 aromatic heterocycles. The van der Waals surface area contributed by atoms with E-state index in [1.165, 1.54) is 5.56 Å².